The fraction of sp³-hybridized carbons (Fsp3) is 0.154. The number of nitrogens with zero attached hydrogens (tertiary/aromatic N) is 1. The largest absolute Gasteiger partial charge is 0.465 e. The van der Waals surface area contributed by atoms with E-state index < -0.39 is 11.9 Å². The predicted molar refractivity (Wildman–Crippen MR) is 67.0 cm³/mol. The minimum atomic E-state index is -0.521. The summed E-state index contributed by atoms with van der Waals surface area (Å²) in [7, 11) is 1.28. The second-order valence-electron chi connectivity index (χ2n) is 3.81. The number of aromatic nitrogens is 1. The molecule has 0 atom stereocenters. The lowest BCUT2D eigenvalue weighted by Crippen LogP contribution is -2.15. The minimum absolute atomic E-state index is 0.150. The lowest BCUT2D eigenvalue weighted by atomic mass is 10.1. The Kier molecular flexibility index (Phi) is 3.61. The standard InChI is InChI=1S/C13H12N2O4/c1-8-7-11(15-19-8)12(16)14-10-6-4-3-5-9(10)13(17)18-2/h3-7H,1-2H3,(H,14,16). The Morgan fingerprint density at radius 2 is 2.05 bits per heavy atom. The molecule has 0 radical (unpaired) electrons. The molecule has 0 saturated carbocycles. The van der Waals surface area contributed by atoms with E-state index in [2.05, 4.69) is 15.2 Å². The summed E-state index contributed by atoms with van der Waals surface area (Å²) in [6.45, 7) is 1.69. The summed E-state index contributed by atoms with van der Waals surface area (Å²) in [6.07, 6.45) is 0. The number of carbonyl (C=O) groups excluding carboxylic acids is 2. The third-order valence-corrected chi connectivity index (χ3v) is 2.44. The first-order valence-electron chi connectivity index (χ1n) is 5.54. The molecule has 0 aliphatic carbocycles. The summed E-state index contributed by atoms with van der Waals surface area (Å²) in [5, 5.41) is 6.20. The maximum atomic E-state index is 11.9. The minimum Gasteiger partial charge on any atom is -0.465 e. The van der Waals surface area contributed by atoms with Gasteiger partial charge in [-0.05, 0) is 19.1 Å². The number of hydrogen-bond donors (Lipinski definition) is 1. The molecular formula is C13H12N2O4. The average molecular weight is 260 g/mol. The molecule has 0 aliphatic rings. The molecule has 1 N–H and O–H groups in total. The topological polar surface area (TPSA) is 81.4 Å². The van der Waals surface area contributed by atoms with Crippen molar-refractivity contribution in [3.05, 3.63) is 47.3 Å². The van der Waals surface area contributed by atoms with Crippen LogP contribution in [0.25, 0.3) is 0 Å². The van der Waals surface area contributed by atoms with Crippen molar-refractivity contribution >= 4 is 17.6 Å². The number of carbonyl (C=O) groups is 2. The van der Waals surface area contributed by atoms with Gasteiger partial charge in [0.2, 0.25) is 0 Å². The number of ether oxygens (including phenoxy) is 1. The number of hydrogen-bond acceptors (Lipinski definition) is 5. The molecule has 1 heterocycles. The molecule has 98 valence electrons. The van der Waals surface area contributed by atoms with Gasteiger partial charge in [0.25, 0.3) is 5.91 Å². The fourth-order valence-electron chi connectivity index (χ4n) is 1.54. The van der Waals surface area contributed by atoms with Crippen molar-refractivity contribution in [3.8, 4) is 0 Å². The predicted octanol–water partition coefficient (Wildman–Crippen LogP) is 2.02. The Morgan fingerprint density at radius 1 is 1.32 bits per heavy atom. The van der Waals surface area contributed by atoms with Crippen molar-refractivity contribution in [1.82, 2.24) is 5.16 Å². The van der Waals surface area contributed by atoms with Crippen LogP contribution in [0.15, 0.2) is 34.9 Å². The second-order valence-corrected chi connectivity index (χ2v) is 3.81. The number of anilines is 1. The highest BCUT2D eigenvalue weighted by atomic mass is 16.5. The molecular weight excluding hydrogens is 248 g/mol. The van der Waals surface area contributed by atoms with Crippen LogP contribution in [0.1, 0.15) is 26.6 Å². The molecule has 0 unspecified atom stereocenters. The Labute approximate surface area is 109 Å². The first-order valence-corrected chi connectivity index (χ1v) is 5.54. The summed E-state index contributed by atoms with van der Waals surface area (Å²) in [5.41, 5.74) is 0.788. The van der Waals surface area contributed by atoms with Crippen LogP contribution >= 0.6 is 0 Å². The number of benzene rings is 1. The summed E-state index contributed by atoms with van der Waals surface area (Å²) >= 11 is 0. The molecule has 0 aliphatic heterocycles. The number of para-hydroxylation sites is 1. The molecule has 0 spiro atoms. The van der Waals surface area contributed by atoms with Gasteiger partial charge in [-0.25, -0.2) is 4.79 Å². The Morgan fingerprint density at radius 3 is 2.68 bits per heavy atom. The molecule has 0 bridgehead atoms. The van der Waals surface area contributed by atoms with Gasteiger partial charge in [-0.3, -0.25) is 4.79 Å². The Balaban J connectivity index is 2.24. The van der Waals surface area contributed by atoms with Crippen LogP contribution in [-0.2, 0) is 4.74 Å². The van der Waals surface area contributed by atoms with Gasteiger partial charge in [0, 0.05) is 6.07 Å². The van der Waals surface area contributed by atoms with Gasteiger partial charge in [-0.2, -0.15) is 0 Å². The van der Waals surface area contributed by atoms with Crippen LogP contribution in [0.5, 0.6) is 0 Å². The number of aryl methyl sites for hydroxylation is 1. The van der Waals surface area contributed by atoms with Crippen LogP contribution in [0.2, 0.25) is 0 Å². The Hall–Kier alpha value is -2.63. The maximum absolute atomic E-state index is 11.9. The summed E-state index contributed by atoms with van der Waals surface area (Å²) in [5.74, 6) is -0.438. The van der Waals surface area contributed by atoms with Crippen LogP contribution in [0, 0.1) is 6.92 Å². The van der Waals surface area contributed by atoms with Gasteiger partial charge in [-0.1, -0.05) is 17.3 Å². The van der Waals surface area contributed by atoms with Crippen molar-refractivity contribution in [2.24, 2.45) is 0 Å². The van der Waals surface area contributed by atoms with E-state index in [1.165, 1.54) is 13.2 Å². The quantitative estimate of drug-likeness (QED) is 0.854. The van der Waals surface area contributed by atoms with Gasteiger partial charge in [0.1, 0.15) is 5.76 Å². The lowest BCUT2D eigenvalue weighted by Gasteiger charge is -2.07. The van der Waals surface area contributed by atoms with Gasteiger partial charge < -0.3 is 14.6 Å². The molecule has 6 nitrogen and oxygen atoms in total. The van der Waals surface area contributed by atoms with E-state index in [0.29, 0.717) is 11.4 Å². The SMILES string of the molecule is COC(=O)c1ccccc1NC(=O)c1cc(C)on1. The molecule has 0 saturated heterocycles. The van der Waals surface area contributed by atoms with Crippen LogP contribution < -0.4 is 5.32 Å². The molecule has 1 aromatic carbocycles. The third kappa shape index (κ3) is 2.79. The third-order valence-electron chi connectivity index (χ3n) is 2.44. The van der Waals surface area contributed by atoms with Crippen LogP contribution in [0.3, 0.4) is 0 Å². The van der Waals surface area contributed by atoms with E-state index in [1.807, 2.05) is 0 Å². The van der Waals surface area contributed by atoms with Crippen LogP contribution in [-0.4, -0.2) is 24.1 Å². The smallest absolute Gasteiger partial charge is 0.339 e. The van der Waals surface area contributed by atoms with Crippen molar-refractivity contribution in [1.29, 1.82) is 0 Å². The maximum Gasteiger partial charge on any atom is 0.339 e. The molecule has 1 amide bonds. The van der Waals surface area contributed by atoms with E-state index in [1.54, 1.807) is 31.2 Å². The average Bonchev–Trinajstić information content (AvgIpc) is 2.85. The monoisotopic (exact) mass is 260 g/mol. The fourth-order valence-corrected chi connectivity index (χ4v) is 1.54. The number of esters is 1. The highest BCUT2D eigenvalue weighted by molar-refractivity contribution is 6.07. The summed E-state index contributed by atoms with van der Waals surface area (Å²) in [4.78, 5) is 23.5. The highest BCUT2D eigenvalue weighted by Crippen LogP contribution is 2.17. The van der Waals surface area contributed by atoms with E-state index in [-0.39, 0.29) is 11.3 Å². The van der Waals surface area contributed by atoms with Crippen molar-refractivity contribution < 1.29 is 18.8 Å². The zero-order valence-electron chi connectivity index (χ0n) is 10.5. The molecule has 19 heavy (non-hydrogen) atoms. The van der Waals surface area contributed by atoms with Gasteiger partial charge in [0.05, 0.1) is 18.4 Å². The number of methoxy groups -OCH3 is 1. The highest BCUT2D eigenvalue weighted by Gasteiger charge is 2.16. The molecule has 2 aromatic rings. The molecule has 6 heteroatoms. The van der Waals surface area contributed by atoms with Gasteiger partial charge in [-0.15, -0.1) is 0 Å². The van der Waals surface area contributed by atoms with E-state index in [9.17, 15) is 9.59 Å². The van der Waals surface area contributed by atoms with Gasteiger partial charge >= 0.3 is 5.97 Å². The molecule has 1 aromatic heterocycles. The lowest BCUT2D eigenvalue weighted by molar-refractivity contribution is 0.0602. The zero-order valence-corrected chi connectivity index (χ0v) is 10.5. The van der Waals surface area contributed by atoms with Crippen molar-refractivity contribution in [2.45, 2.75) is 6.92 Å². The van der Waals surface area contributed by atoms with Crippen molar-refractivity contribution in [2.75, 3.05) is 12.4 Å². The summed E-state index contributed by atoms with van der Waals surface area (Å²) < 4.78 is 9.46. The number of amides is 1. The number of rotatable bonds is 3. The van der Waals surface area contributed by atoms with E-state index in [0.717, 1.165) is 0 Å². The molecule has 2 rings (SSSR count). The van der Waals surface area contributed by atoms with Crippen molar-refractivity contribution in [3.63, 3.8) is 0 Å². The second kappa shape index (κ2) is 5.34. The van der Waals surface area contributed by atoms with Gasteiger partial charge in [0.15, 0.2) is 5.69 Å². The summed E-state index contributed by atoms with van der Waals surface area (Å²) in [6, 6.07) is 8.07. The van der Waals surface area contributed by atoms with E-state index in [4.69, 9.17) is 4.52 Å². The Bertz CT molecular complexity index is 619. The zero-order chi connectivity index (χ0) is 13.8. The first kappa shape index (κ1) is 12.8. The normalized spacial score (nSPS) is 10.0. The van der Waals surface area contributed by atoms with E-state index >= 15 is 0 Å². The first-order chi connectivity index (χ1) is 9.11. The molecule has 0 fully saturated rings. The van der Waals surface area contributed by atoms with Crippen LogP contribution in [0.4, 0.5) is 5.69 Å². The number of nitrogens with one attached hydrogen (secondary N) is 1.